The van der Waals surface area contributed by atoms with Crippen molar-refractivity contribution in [3.63, 3.8) is 0 Å². The number of benzene rings is 2. The van der Waals surface area contributed by atoms with E-state index >= 15 is 0 Å². The molecule has 1 aliphatic carbocycles. The number of para-hydroxylation sites is 1. The van der Waals surface area contributed by atoms with Gasteiger partial charge in [-0.2, -0.15) is 0 Å². The molecule has 0 spiro atoms. The van der Waals surface area contributed by atoms with Gasteiger partial charge in [-0.15, -0.1) is 0 Å². The molecule has 29 heavy (non-hydrogen) atoms. The molecular formula is C23H25N3O3. The highest BCUT2D eigenvalue weighted by atomic mass is 16.5. The van der Waals surface area contributed by atoms with Crippen LogP contribution in [0.4, 0.5) is 5.69 Å². The third-order valence-corrected chi connectivity index (χ3v) is 5.79. The van der Waals surface area contributed by atoms with Gasteiger partial charge in [-0.05, 0) is 41.7 Å². The van der Waals surface area contributed by atoms with Gasteiger partial charge in [0, 0.05) is 43.9 Å². The Morgan fingerprint density at radius 1 is 0.931 bits per heavy atom. The molecule has 150 valence electrons. The number of amides is 2. The van der Waals surface area contributed by atoms with Crippen LogP contribution in [0.3, 0.4) is 0 Å². The topological polar surface area (TPSA) is 72.9 Å². The largest absolute Gasteiger partial charge is 0.367 e. The van der Waals surface area contributed by atoms with E-state index in [2.05, 4.69) is 17.0 Å². The van der Waals surface area contributed by atoms with Crippen LogP contribution in [0.2, 0.25) is 0 Å². The third kappa shape index (κ3) is 4.17. The van der Waals surface area contributed by atoms with Gasteiger partial charge < -0.3 is 9.80 Å². The van der Waals surface area contributed by atoms with E-state index in [-0.39, 0.29) is 11.8 Å². The Hall–Kier alpha value is -3.12. The van der Waals surface area contributed by atoms with Gasteiger partial charge in [0.15, 0.2) is 0 Å². The number of carbonyl (C=O) groups excluding carboxylic acids is 2. The van der Waals surface area contributed by atoms with Crippen LogP contribution in [0.15, 0.2) is 54.6 Å². The Kier molecular flexibility index (Phi) is 5.62. The molecule has 4 rings (SSSR count). The molecule has 0 bridgehead atoms. The van der Waals surface area contributed by atoms with Crippen molar-refractivity contribution in [3.05, 3.63) is 71.3 Å². The first-order valence-corrected chi connectivity index (χ1v) is 9.97. The molecule has 1 heterocycles. The fraction of sp³-hybridized carbons (Fsp3) is 0.304. The molecule has 0 saturated carbocycles. The van der Waals surface area contributed by atoms with E-state index < -0.39 is 5.91 Å². The van der Waals surface area contributed by atoms with E-state index in [1.807, 2.05) is 41.3 Å². The Labute approximate surface area is 170 Å². The SMILES string of the molecule is O=C(/C=C/c1ccccc1N1CCN(C(=O)C2Cc3ccccc3C2)CC1)NO. The van der Waals surface area contributed by atoms with Gasteiger partial charge in [-0.25, -0.2) is 5.48 Å². The number of hydrogen-bond donors (Lipinski definition) is 2. The van der Waals surface area contributed by atoms with Crippen LogP contribution in [0.25, 0.3) is 6.08 Å². The minimum absolute atomic E-state index is 0.0613. The lowest BCUT2D eigenvalue weighted by Crippen LogP contribution is -2.50. The Bertz CT molecular complexity index is 907. The number of carbonyl (C=O) groups is 2. The maximum Gasteiger partial charge on any atom is 0.267 e. The third-order valence-electron chi connectivity index (χ3n) is 5.79. The van der Waals surface area contributed by atoms with Crippen molar-refractivity contribution in [2.75, 3.05) is 31.1 Å². The number of hydrogen-bond acceptors (Lipinski definition) is 4. The lowest BCUT2D eigenvalue weighted by atomic mass is 10.0. The van der Waals surface area contributed by atoms with E-state index in [0.717, 1.165) is 37.2 Å². The quantitative estimate of drug-likeness (QED) is 0.476. The molecule has 2 N–H and O–H groups in total. The fourth-order valence-electron chi connectivity index (χ4n) is 4.28. The number of piperazine rings is 1. The number of fused-ring (bicyclic) bond motifs is 1. The molecule has 1 aliphatic heterocycles. The second kappa shape index (κ2) is 8.49. The van der Waals surface area contributed by atoms with E-state index in [1.54, 1.807) is 11.6 Å². The van der Waals surface area contributed by atoms with Crippen LogP contribution in [-0.2, 0) is 22.4 Å². The summed E-state index contributed by atoms with van der Waals surface area (Å²) in [6, 6.07) is 16.2. The van der Waals surface area contributed by atoms with Gasteiger partial charge in [0.2, 0.25) is 5.91 Å². The molecule has 0 atom stereocenters. The van der Waals surface area contributed by atoms with E-state index in [0.29, 0.717) is 13.1 Å². The van der Waals surface area contributed by atoms with E-state index in [4.69, 9.17) is 5.21 Å². The lowest BCUT2D eigenvalue weighted by Gasteiger charge is -2.37. The summed E-state index contributed by atoms with van der Waals surface area (Å²) >= 11 is 0. The Balaban J connectivity index is 1.38. The molecular weight excluding hydrogens is 366 g/mol. The zero-order valence-corrected chi connectivity index (χ0v) is 16.3. The summed E-state index contributed by atoms with van der Waals surface area (Å²) < 4.78 is 0. The molecule has 0 unspecified atom stereocenters. The van der Waals surface area contributed by atoms with Crippen LogP contribution in [0.1, 0.15) is 16.7 Å². The Morgan fingerprint density at radius 3 is 2.21 bits per heavy atom. The van der Waals surface area contributed by atoms with Crippen molar-refractivity contribution in [1.82, 2.24) is 10.4 Å². The molecule has 2 aromatic rings. The summed E-state index contributed by atoms with van der Waals surface area (Å²) in [5.41, 5.74) is 6.14. The molecule has 0 aromatic heterocycles. The van der Waals surface area contributed by atoms with Crippen molar-refractivity contribution in [2.24, 2.45) is 5.92 Å². The minimum atomic E-state index is -0.562. The van der Waals surface area contributed by atoms with E-state index in [9.17, 15) is 9.59 Å². The summed E-state index contributed by atoms with van der Waals surface area (Å²) in [6.07, 6.45) is 4.68. The first-order chi connectivity index (χ1) is 14.2. The summed E-state index contributed by atoms with van der Waals surface area (Å²) in [6.45, 7) is 2.90. The molecule has 6 nitrogen and oxygen atoms in total. The summed E-state index contributed by atoms with van der Waals surface area (Å²) in [7, 11) is 0. The van der Waals surface area contributed by atoms with Crippen molar-refractivity contribution in [2.45, 2.75) is 12.8 Å². The number of nitrogens with one attached hydrogen (secondary N) is 1. The van der Waals surface area contributed by atoms with Crippen LogP contribution < -0.4 is 10.4 Å². The maximum absolute atomic E-state index is 13.0. The van der Waals surface area contributed by atoms with Gasteiger partial charge in [0.25, 0.3) is 5.91 Å². The van der Waals surface area contributed by atoms with Crippen LogP contribution in [0, 0.1) is 5.92 Å². The van der Waals surface area contributed by atoms with Gasteiger partial charge in [0.05, 0.1) is 0 Å². The molecule has 2 aromatic carbocycles. The monoisotopic (exact) mass is 391 g/mol. The average molecular weight is 391 g/mol. The smallest absolute Gasteiger partial charge is 0.267 e. The molecule has 1 fully saturated rings. The summed E-state index contributed by atoms with van der Waals surface area (Å²) in [5.74, 6) is -0.243. The molecule has 2 amide bonds. The van der Waals surface area contributed by atoms with Gasteiger partial charge in [-0.1, -0.05) is 42.5 Å². The predicted octanol–water partition coefficient (Wildman–Crippen LogP) is 2.27. The second-order valence-corrected chi connectivity index (χ2v) is 7.55. The highest BCUT2D eigenvalue weighted by Gasteiger charge is 2.32. The van der Waals surface area contributed by atoms with Crippen molar-refractivity contribution < 1.29 is 14.8 Å². The predicted molar refractivity (Wildman–Crippen MR) is 112 cm³/mol. The van der Waals surface area contributed by atoms with Gasteiger partial charge in [0.1, 0.15) is 0 Å². The van der Waals surface area contributed by atoms with Gasteiger partial charge in [-0.3, -0.25) is 14.8 Å². The molecule has 2 aliphatic rings. The first kappa shape index (κ1) is 19.2. The normalized spacial score (nSPS) is 16.9. The number of hydroxylamine groups is 1. The molecule has 0 radical (unpaired) electrons. The van der Waals surface area contributed by atoms with Gasteiger partial charge >= 0.3 is 0 Å². The number of anilines is 1. The second-order valence-electron chi connectivity index (χ2n) is 7.55. The molecule has 1 saturated heterocycles. The average Bonchev–Trinajstić information content (AvgIpc) is 3.21. The zero-order valence-electron chi connectivity index (χ0n) is 16.3. The van der Waals surface area contributed by atoms with Crippen LogP contribution in [0.5, 0.6) is 0 Å². The van der Waals surface area contributed by atoms with Crippen LogP contribution in [-0.4, -0.2) is 48.1 Å². The summed E-state index contributed by atoms with van der Waals surface area (Å²) in [5, 5.41) is 8.66. The lowest BCUT2D eigenvalue weighted by molar-refractivity contribution is -0.135. The fourth-order valence-corrected chi connectivity index (χ4v) is 4.28. The summed E-state index contributed by atoms with van der Waals surface area (Å²) in [4.78, 5) is 28.5. The standard InChI is InChI=1S/C23H25N3O3/c27-22(24-29)10-9-17-5-3-4-8-21(17)25-11-13-26(14-12-25)23(28)20-15-18-6-1-2-7-19(18)16-20/h1-10,20,29H,11-16H2,(H,24,27)/b10-9+. The first-order valence-electron chi connectivity index (χ1n) is 9.97. The minimum Gasteiger partial charge on any atom is -0.367 e. The van der Waals surface area contributed by atoms with Crippen LogP contribution >= 0.6 is 0 Å². The Morgan fingerprint density at radius 2 is 1.55 bits per heavy atom. The van der Waals surface area contributed by atoms with Crippen molar-refractivity contribution in [3.8, 4) is 0 Å². The number of rotatable bonds is 4. The zero-order chi connectivity index (χ0) is 20.2. The number of nitrogens with zero attached hydrogens (tertiary/aromatic N) is 2. The van der Waals surface area contributed by atoms with Crippen molar-refractivity contribution >= 4 is 23.6 Å². The van der Waals surface area contributed by atoms with E-state index in [1.165, 1.54) is 17.2 Å². The maximum atomic E-state index is 13.0. The highest BCUT2D eigenvalue weighted by molar-refractivity contribution is 5.92. The highest BCUT2D eigenvalue weighted by Crippen LogP contribution is 2.29. The molecule has 6 heteroatoms. The van der Waals surface area contributed by atoms with Crippen molar-refractivity contribution in [1.29, 1.82) is 0 Å².